The topological polar surface area (TPSA) is 86.8 Å². The highest BCUT2D eigenvalue weighted by atomic mass is 35.5. The monoisotopic (exact) mass is 416 g/mol. The van der Waals surface area contributed by atoms with Crippen molar-refractivity contribution in [1.29, 1.82) is 5.26 Å². The van der Waals surface area contributed by atoms with Crippen LogP contribution in [0, 0.1) is 11.3 Å². The molecule has 0 saturated carbocycles. The summed E-state index contributed by atoms with van der Waals surface area (Å²) in [5, 5.41) is 23.4. The van der Waals surface area contributed by atoms with Gasteiger partial charge in [-0.25, -0.2) is 0 Å². The molecule has 1 fully saturated rings. The van der Waals surface area contributed by atoms with Crippen molar-refractivity contribution in [3.8, 4) is 11.8 Å². The molecule has 0 amide bonds. The minimum atomic E-state index is 0.548. The Hall–Kier alpha value is -3.70. The fourth-order valence-corrected chi connectivity index (χ4v) is 3.99. The van der Waals surface area contributed by atoms with Crippen LogP contribution in [-0.2, 0) is 0 Å². The van der Waals surface area contributed by atoms with E-state index in [-0.39, 0.29) is 0 Å². The highest BCUT2D eigenvalue weighted by Gasteiger charge is 2.25. The van der Waals surface area contributed by atoms with Crippen LogP contribution in [0.4, 0.5) is 11.6 Å². The van der Waals surface area contributed by atoms with E-state index in [0.29, 0.717) is 16.5 Å². The molecule has 0 aliphatic carbocycles. The Morgan fingerprint density at radius 3 is 2.50 bits per heavy atom. The van der Waals surface area contributed by atoms with Crippen LogP contribution in [-0.4, -0.2) is 51.4 Å². The predicted octanol–water partition coefficient (Wildman–Crippen LogP) is 3.06. The number of fused-ring (bicyclic) bond motifs is 1. The minimum absolute atomic E-state index is 0.548. The molecule has 8 nitrogen and oxygen atoms in total. The first-order valence-electron chi connectivity index (χ1n) is 9.56. The molecule has 5 rings (SSSR count). The number of rotatable bonds is 3. The zero-order valence-corrected chi connectivity index (χ0v) is 16.7. The summed E-state index contributed by atoms with van der Waals surface area (Å²) in [4.78, 5) is 8.77. The predicted molar refractivity (Wildman–Crippen MR) is 115 cm³/mol. The van der Waals surface area contributed by atoms with Crippen LogP contribution in [0.15, 0.2) is 54.7 Å². The van der Waals surface area contributed by atoms with Crippen molar-refractivity contribution in [3.05, 3.63) is 65.3 Å². The maximum Gasteiger partial charge on any atom is 0.250 e. The summed E-state index contributed by atoms with van der Waals surface area (Å²) in [5.74, 6) is 0.712. The van der Waals surface area contributed by atoms with Gasteiger partial charge in [0.1, 0.15) is 6.07 Å². The smallest absolute Gasteiger partial charge is 0.250 e. The van der Waals surface area contributed by atoms with E-state index in [1.807, 2.05) is 48.5 Å². The molecule has 0 N–H and O–H groups in total. The summed E-state index contributed by atoms with van der Waals surface area (Å²) < 4.78 is 1.75. The van der Waals surface area contributed by atoms with Gasteiger partial charge in [0.2, 0.25) is 5.95 Å². The van der Waals surface area contributed by atoms with E-state index in [9.17, 15) is 5.26 Å². The molecule has 148 valence electrons. The number of tetrazole rings is 1. The van der Waals surface area contributed by atoms with E-state index in [0.717, 1.165) is 48.5 Å². The first-order valence-corrected chi connectivity index (χ1v) is 9.94. The minimum Gasteiger partial charge on any atom is -0.366 e. The van der Waals surface area contributed by atoms with Gasteiger partial charge in [-0.15, -0.1) is 0 Å². The van der Waals surface area contributed by atoms with E-state index in [1.54, 1.807) is 10.9 Å². The highest BCUT2D eigenvalue weighted by molar-refractivity contribution is 6.31. The van der Waals surface area contributed by atoms with Gasteiger partial charge in [-0.05, 0) is 40.8 Å². The van der Waals surface area contributed by atoms with Gasteiger partial charge in [0.25, 0.3) is 0 Å². The second kappa shape index (κ2) is 7.61. The lowest BCUT2D eigenvalue weighted by molar-refractivity contribution is 0.632. The van der Waals surface area contributed by atoms with Crippen LogP contribution in [0.25, 0.3) is 16.6 Å². The van der Waals surface area contributed by atoms with E-state index >= 15 is 0 Å². The zero-order valence-electron chi connectivity index (χ0n) is 16.0. The van der Waals surface area contributed by atoms with E-state index in [2.05, 4.69) is 36.4 Å². The summed E-state index contributed by atoms with van der Waals surface area (Å²) in [6.45, 7) is 2.90. The summed E-state index contributed by atoms with van der Waals surface area (Å²) in [5.41, 5.74) is 3.17. The van der Waals surface area contributed by atoms with Crippen LogP contribution < -0.4 is 9.80 Å². The van der Waals surface area contributed by atoms with Crippen molar-refractivity contribution in [2.75, 3.05) is 36.0 Å². The molecule has 0 atom stereocenters. The molecule has 1 aliphatic rings. The molecule has 2 aromatic carbocycles. The third-order valence-corrected chi connectivity index (χ3v) is 5.49. The average molecular weight is 417 g/mol. The molecule has 2 aromatic heterocycles. The summed E-state index contributed by atoms with van der Waals surface area (Å²) in [7, 11) is 0. The molecule has 30 heavy (non-hydrogen) atoms. The number of aromatic nitrogens is 5. The standard InChI is InChI=1S/C21H17ClN8/c22-16-6-7-19-18(12-16)20(15(13-23)14-24-19)28-8-10-29(11-9-28)21-25-26-27-30(21)17-4-2-1-3-5-17/h1-7,12,14H,8-11H2. The summed E-state index contributed by atoms with van der Waals surface area (Å²) in [6.07, 6.45) is 1.63. The van der Waals surface area contributed by atoms with E-state index in [4.69, 9.17) is 11.6 Å². The van der Waals surface area contributed by atoms with Gasteiger partial charge >= 0.3 is 0 Å². The largest absolute Gasteiger partial charge is 0.366 e. The van der Waals surface area contributed by atoms with E-state index < -0.39 is 0 Å². The number of pyridine rings is 1. The third kappa shape index (κ3) is 3.19. The third-order valence-electron chi connectivity index (χ3n) is 5.25. The summed E-state index contributed by atoms with van der Waals surface area (Å²) >= 11 is 6.23. The molecule has 4 aromatic rings. The Morgan fingerprint density at radius 1 is 0.967 bits per heavy atom. The Bertz CT molecular complexity index is 1240. The lowest BCUT2D eigenvalue weighted by Gasteiger charge is -2.37. The van der Waals surface area contributed by atoms with Gasteiger partial charge in [-0.3, -0.25) is 4.98 Å². The fourth-order valence-electron chi connectivity index (χ4n) is 3.82. The molecule has 3 heterocycles. The Kier molecular flexibility index (Phi) is 4.65. The molecule has 0 bridgehead atoms. The molecule has 0 spiro atoms. The first-order chi connectivity index (χ1) is 14.7. The van der Waals surface area contributed by atoms with Crippen LogP contribution in [0.3, 0.4) is 0 Å². The molecule has 0 unspecified atom stereocenters. The van der Waals surface area contributed by atoms with Crippen molar-refractivity contribution >= 4 is 34.1 Å². The van der Waals surface area contributed by atoms with Gasteiger partial charge in [0.15, 0.2) is 0 Å². The van der Waals surface area contributed by atoms with Crippen molar-refractivity contribution in [3.63, 3.8) is 0 Å². The maximum absolute atomic E-state index is 9.65. The van der Waals surface area contributed by atoms with Crippen molar-refractivity contribution in [2.45, 2.75) is 0 Å². The van der Waals surface area contributed by atoms with Crippen molar-refractivity contribution in [1.82, 2.24) is 25.2 Å². The number of para-hydroxylation sites is 1. The first kappa shape index (κ1) is 18.3. The van der Waals surface area contributed by atoms with Crippen LogP contribution in [0.1, 0.15) is 5.56 Å². The summed E-state index contributed by atoms with van der Waals surface area (Å²) in [6, 6.07) is 17.7. The van der Waals surface area contributed by atoms with Crippen LogP contribution >= 0.6 is 11.6 Å². The van der Waals surface area contributed by atoms with Crippen LogP contribution in [0.5, 0.6) is 0 Å². The molecule has 1 aliphatic heterocycles. The highest BCUT2D eigenvalue weighted by Crippen LogP contribution is 2.32. The number of benzene rings is 2. The molecule has 9 heteroatoms. The van der Waals surface area contributed by atoms with Crippen molar-refractivity contribution in [2.24, 2.45) is 0 Å². The molecular weight excluding hydrogens is 400 g/mol. The normalized spacial score (nSPS) is 14.1. The quantitative estimate of drug-likeness (QED) is 0.507. The Balaban J connectivity index is 1.44. The lowest BCUT2D eigenvalue weighted by Crippen LogP contribution is -2.47. The van der Waals surface area contributed by atoms with Crippen molar-refractivity contribution < 1.29 is 0 Å². The zero-order chi connectivity index (χ0) is 20.5. The average Bonchev–Trinajstić information content (AvgIpc) is 3.29. The van der Waals surface area contributed by atoms with Crippen LogP contribution in [0.2, 0.25) is 5.02 Å². The van der Waals surface area contributed by atoms with Gasteiger partial charge in [-0.2, -0.15) is 9.94 Å². The number of nitriles is 1. The Morgan fingerprint density at radius 2 is 1.73 bits per heavy atom. The van der Waals surface area contributed by atoms with Gasteiger partial charge < -0.3 is 9.80 Å². The fraction of sp³-hybridized carbons (Fsp3) is 0.190. The number of anilines is 2. The number of piperazine rings is 1. The second-order valence-electron chi connectivity index (χ2n) is 6.99. The number of hydrogen-bond acceptors (Lipinski definition) is 7. The Labute approximate surface area is 177 Å². The van der Waals surface area contributed by atoms with Gasteiger partial charge in [0, 0.05) is 42.8 Å². The number of nitrogens with zero attached hydrogens (tertiary/aromatic N) is 8. The second-order valence-corrected chi connectivity index (χ2v) is 7.43. The van der Waals surface area contributed by atoms with Gasteiger partial charge in [-0.1, -0.05) is 34.9 Å². The van der Waals surface area contributed by atoms with E-state index in [1.165, 1.54) is 0 Å². The molecular formula is C21H17ClN8. The van der Waals surface area contributed by atoms with Gasteiger partial charge in [0.05, 0.1) is 22.5 Å². The lowest BCUT2D eigenvalue weighted by atomic mass is 10.1. The molecule has 0 radical (unpaired) electrons. The molecule has 1 saturated heterocycles. The number of hydrogen-bond donors (Lipinski definition) is 0. The number of halogens is 1. The maximum atomic E-state index is 9.65. The SMILES string of the molecule is N#Cc1cnc2ccc(Cl)cc2c1N1CCN(c2nnnn2-c2ccccc2)CC1.